The normalized spacial score (nSPS) is 11.7. The number of hydrogen-bond acceptors (Lipinski definition) is 7. The van der Waals surface area contributed by atoms with Crippen LogP contribution in [0.25, 0.3) is 0 Å². The first-order valence-corrected chi connectivity index (χ1v) is 10.4. The van der Waals surface area contributed by atoms with E-state index in [0.29, 0.717) is 20.7 Å². The lowest BCUT2D eigenvalue weighted by molar-refractivity contribution is -0.115. The van der Waals surface area contributed by atoms with E-state index in [0.717, 1.165) is 11.3 Å². The number of Topliss-reactive ketones (excluding diaryl/α,β-unsaturated/α-hetero) is 1. The highest BCUT2D eigenvalue weighted by Gasteiger charge is 2.17. The Balaban J connectivity index is 1.56. The quantitative estimate of drug-likeness (QED) is 0.424. The van der Waals surface area contributed by atoms with Crippen LogP contribution in [0, 0.1) is 6.92 Å². The number of nitrogens with one attached hydrogen (secondary N) is 2. The van der Waals surface area contributed by atoms with Crippen molar-refractivity contribution in [2.75, 3.05) is 10.6 Å². The lowest BCUT2D eigenvalue weighted by Gasteiger charge is -2.10. The van der Waals surface area contributed by atoms with E-state index in [9.17, 15) is 9.59 Å². The third-order valence-corrected chi connectivity index (χ3v) is 5.90. The van der Waals surface area contributed by atoms with E-state index in [1.807, 2.05) is 38.1 Å². The smallest absolute Gasteiger partial charge is 0.237 e. The highest BCUT2D eigenvalue weighted by molar-refractivity contribution is 8.02. The number of carbonyl (C=O) groups is 2. The molecule has 0 unspecified atom stereocenters. The fraction of sp³-hybridized carbons (Fsp3) is 0.200. The molecule has 0 saturated carbocycles. The maximum atomic E-state index is 12.4. The largest absolute Gasteiger partial charge is 0.330 e. The van der Waals surface area contributed by atoms with E-state index >= 15 is 0 Å². The number of ketones is 1. The van der Waals surface area contributed by atoms with E-state index in [2.05, 4.69) is 20.8 Å². The molecule has 0 aliphatic rings. The van der Waals surface area contributed by atoms with Crippen molar-refractivity contribution in [1.29, 1.82) is 0 Å². The van der Waals surface area contributed by atoms with Crippen LogP contribution in [0.5, 0.6) is 0 Å². The number of nitrogens with zero attached hydrogens (tertiary/aromatic N) is 2. The van der Waals surface area contributed by atoms with Crippen molar-refractivity contribution in [3.8, 4) is 0 Å². The first-order valence-electron chi connectivity index (χ1n) is 8.66. The van der Waals surface area contributed by atoms with Gasteiger partial charge in [-0.25, -0.2) is 0 Å². The van der Waals surface area contributed by atoms with Crippen LogP contribution in [0.15, 0.2) is 52.9 Å². The van der Waals surface area contributed by atoms with Crippen LogP contribution < -0.4 is 10.6 Å². The summed E-state index contributed by atoms with van der Waals surface area (Å²) < 4.78 is 0.713. The van der Waals surface area contributed by atoms with Crippen molar-refractivity contribution >= 4 is 51.3 Å². The Morgan fingerprint density at radius 3 is 2.50 bits per heavy atom. The molecule has 3 rings (SSSR count). The molecule has 0 aliphatic heterocycles. The molecule has 1 amide bonds. The third kappa shape index (κ3) is 5.40. The van der Waals surface area contributed by atoms with Crippen LogP contribution >= 0.6 is 23.1 Å². The summed E-state index contributed by atoms with van der Waals surface area (Å²) in [4.78, 5) is 23.7. The fourth-order valence-electron chi connectivity index (χ4n) is 2.39. The molecule has 8 heteroatoms. The average Bonchev–Trinajstić information content (AvgIpc) is 3.09. The molecule has 3 aromatic rings. The second-order valence-corrected chi connectivity index (χ2v) is 8.82. The molecular weight excluding hydrogens is 392 g/mol. The minimum absolute atomic E-state index is 0.00635. The Hall–Kier alpha value is -2.71. The summed E-state index contributed by atoms with van der Waals surface area (Å²) in [6.45, 7) is 5.36. The predicted octanol–water partition coefficient (Wildman–Crippen LogP) is 4.91. The maximum Gasteiger partial charge on any atom is 0.237 e. The summed E-state index contributed by atoms with van der Waals surface area (Å²) in [6.07, 6.45) is 0. The summed E-state index contributed by atoms with van der Waals surface area (Å²) in [5.41, 5.74) is 3.38. The molecular formula is C20H20N4O2S2. The highest BCUT2D eigenvalue weighted by Crippen LogP contribution is 2.31. The average molecular weight is 413 g/mol. The Labute approximate surface area is 171 Å². The van der Waals surface area contributed by atoms with Gasteiger partial charge in [0.1, 0.15) is 0 Å². The second kappa shape index (κ2) is 8.99. The molecule has 0 aliphatic carbocycles. The molecule has 0 saturated heterocycles. The van der Waals surface area contributed by atoms with E-state index in [1.165, 1.54) is 30.0 Å². The molecule has 2 N–H and O–H groups in total. The van der Waals surface area contributed by atoms with Crippen molar-refractivity contribution < 1.29 is 9.59 Å². The van der Waals surface area contributed by atoms with Gasteiger partial charge in [-0.3, -0.25) is 9.59 Å². The van der Waals surface area contributed by atoms with Gasteiger partial charge in [0.25, 0.3) is 0 Å². The number of hydrogen-bond donors (Lipinski definition) is 2. The molecule has 0 bridgehead atoms. The summed E-state index contributed by atoms with van der Waals surface area (Å²) >= 11 is 2.76. The zero-order chi connectivity index (χ0) is 20.1. The van der Waals surface area contributed by atoms with Crippen LogP contribution in [0.3, 0.4) is 0 Å². The van der Waals surface area contributed by atoms with E-state index in [-0.39, 0.29) is 16.9 Å². The van der Waals surface area contributed by atoms with Gasteiger partial charge in [-0.2, -0.15) is 0 Å². The minimum Gasteiger partial charge on any atom is -0.330 e. The SMILES string of the molecule is CC(=O)c1ccc(NC(=O)[C@H](C)Sc2nnc(Nc3cccc(C)c3)s2)cc1. The minimum atomic E-state index is -0.341. The molecule has 6 nitrogen and oxygen atoms in total. The molecule has 0 radical (unpaired) electrons. The molecule has 1 aromatic heterocycles. The van der Waals surface area contributed by atoms with Crippen LogP contribution in [0.2, 0.25) is 0 Å². The van der Waals surface area contributed by atoms with Gasteiger partial charge in [0.05, 0.1) is 5.25 Å². The summed E-state index contributed by atoms with van der Waals surface area (Å²) in [7, 11) is 0. The Morgan fingerprint density at radius 1 is 1.07 bits per heavy atom. The number of thioether (sulfide) groups is 1. The second-order valence-electron chi connectivity index (χ2n) is 6.25. The van der Waals surface area contributed by atoms with Gasteiger partial charge in [-0.15, -0.1) is 10.2 Å². The zero-order valence-corrected chi connectivity index (χ0v) is 17.4. The fourth-order valence-corrected chi connectivity index (χ4v) is 4.31. The molecule has 0 spiro atoms. The van der Waals surface area contributed by atoms with Crippen LogP contribution in [0.4, 0.5) is 16.5 Å². The first-order chi connectivity index (χ1) is 13.4. The molecule has 0 fully saturated rings. The van der Waals surface area contributed by atoms with E-state index in [4.69, 9.17) is 0 Å². The number of anilines is 3. The van der Waals surface area contributed by atoms with E-state index in [1.54, 1.807) is 24.3 Å². The number of rotatable bonds is 7. The summed E-state index contributed by atoms with van der Waals surface area (Å²) in [5, 5.41) is 14.7. The standard InChI is InChI=1S/C20H20N4O2S2/c1-12-5-4-6-17(11-12)22-19-23-24-20(28-19)27-14(3)18(26)21-16-9-7-15(8-10-16)13(2)25/h4-11,14H,1-3H3,(H,21,26)(H,22,23)/t14-/m0/s1. The van der Waals surface area contributed by atoms with Crippen molar-refractivity contribution in [3.63, 3.8) is 0 Å². The Kier molecular flexibility index (Phi) is 6.43. The number of benzene rings is 2. The van der Waals surface area contributed by atoms with E-state index < -0.39 is 0 Å². The maximum absolute atomic E-state index is 12.4. The van der Waals surface area contributed by atoms with Gasteiger partial charge in [0, 0.05) is 16.9 Å². The topological polar surface area (TPSA) is 84.0 Å². The zero-order valence-electron chi connectivity index (χ0n) is 15.7. The lowest BCUT2D eigenvalue weighted by atomic mass is 10.1. The number of aryl methyl sites for hydroxylation is 1. The number of carbonyl (C=O) groups excluding carboxylic acids is 2. The highest BCUT2D eigenvalue weighted by atomic mass is 32.2. The van der Waals surface area contributed by atoms with Crippen LogP contribution in [0.1, 0.15) is 29.8 Å². The predicted molar refractivity (Wildman–Crippen MR) is 115 cm³/mol. The molecule has 144 valence electrons. The monoisotopic (exact) mass is 412 g/mol. The van der Waals surface area contributed by atoms with Gasteiger partial charge in [-0.1, -0.05) is 35.2 Å². The molecule has 28 heavy (non-hydrogen) atoms. The molecule has 2 aromatic carbocycles. The Bertz CT molecular complexity index is 986. The van der Waals surface area contributed by atoms with Crippen molar-refractivity contribution in [3.05, 3.63) is 59.7 Å². The lowest BCUT2D eigenvalue weighted by Crippen LogP contribution is -2.22. The van der Waals surface area contributed by atoms with Crippen LogP contribution in [-0.2, 0) is 4.79 Å². The molecule has 1 atom stereocenters. The summed E-state index contributed by atoms with van der Waals surface area (Å²) in [5.74, 6) is -0.142. The van der Waals surface area contributed by atoms with Gasteiger partial charge >= 0.3 is 0 Å². The van der Waals surface area contributed by atoms with Crippen molar-refractivity contribution in [2.24, 2.45) is 0 Å². The van der Waals surface area contributed by atoms with Crippen molar-refractivity contribution in [1.82, 2.24) is 10.2 Å². The van der Waals surface area contributed by atoms with Gasteiger partial charge < -0.3 is 10.6 Å². The Morgan fingerprint density at radius 2 is 1.82 bits per heavy atom. The van der Waals surface area contributed by atoms with Crippen LogP contribution in [-0.4, -0.2) is 27.1 Å². The van der Waals surface area contributed by atoms with Gasteiger partial charge in [-0.05, 0) is 62.7 Å². The third-order valence-electron chi connectivity index (χ3n) is 3.88. The molecule has 1 heterocycles. The number of aromatic nitrogens is 2. The van der Waals surface area contributed by atoms with Crippen molar-refractivity contribution in [2.45, 2.75) is 30.4 Å². The van der Waals surface area contributed by atoms with Gasteiger partial charge in [0.2, 0.25) is 11.0 Å². The van der Waals surface area contributed by atoms with Gasteiger partial charge in [0.15, 0.2) is 10.1 Å². The number of amides is 1. The first kappa shape index (κ1) is 20.0. The summed E-state index contributed by atoms with van der Waals surface area (Å²) in [6, 6.07) is 14.8.